The van der Waals surface area contributed by atoms with Gasteiger partial charge in [-0.1, -0.05) is 11.6 Å². The molecule has 1 fully saturated rings. The fraction of sp³-hybridized carbons (Fsp3) is 0.333. The predicted octanol–water partition coefficient (Wildman–Crippen LogP) is 6.81. The third-order valence-electron chi connectivity index (χ3n) is 6.31. The number of aromatic nitrogens is 3. The fourth-order valence-electron chi connectivity index (χ4n) is 4.75. The third-order valence-corrected chi connectivity index (χ3v) is 6.54. The van der Waals surface area contributed by atoms with Crippen molar-refractivity contribution in [2.75, 3.05) is 0 Å². The first-order chi connectivity index (χ1) is 14.2. The molecule has 5 rings (SSSR count). The molecule has 2 heterocycles. The highest BCUT2D eigenvalue weighted by atomic mass is 35.5. The molecule has 4 aromatic rings. The normalized spacial score (nSPS) is 19.8. The van der Waals surface area contributed by atoms with Crippen molar-refractivity contribution in [1.29, 1.82) is 0 Å². The van der Waals surface area contributed by atoms with Crippen LogP contribution < -0.4 is 0 Å². The molecule has 1 aliphatic rings. The molecule has 5 heteroatoms. The average molecular weight is 408 g/mol. The number of benzene rings is 2. The molecule has 0 aliphatic heterocycles. The molecule has 1 saturated carbocycles. The lowest BCUT2D eigenvalue weighted by Gasteiger charge is -2.29. The number of hydrogen-bond acceptors (Lipinski definition) is 2. The topological polar surface area (TPSA) is 41.6 Å². The minimum absolute atomic E-state index is 0.187. The van der Waals surface area contributed by atoms with Crippen molar-refractivity contribution in [2.45, 2.75) is 44.4 Å². The van der Waals surface area contributed by atoms with Crippen LogP contribution in [-0.2, 0) is 6.42 Å². The van der Waals surface area contributed by atoms with Gasteiger partial charge in [0.1, 0.15) is 11.6 Å². The van der Waals surface area contributed by atoms with Gasteiger partial charge in [-0.15, -0.1) is 0 Å². The van der Waals surface area contributed by atoms with E-state index in [0.29, 0.717) is 11.8 Å². The number of pyridine rings is 1. The molecule has 0 bridgehead atoms. The van der Waals surface area contributed by atoms with Gasteiger partial charge in [0.05, 0.1) is 16.6 Å². The van der Waals surface area contributed by atoms with Crippen LogP contribution in [0.4, 0.5) is 4.39 Å². The molecule has 148 valence electrons. The van der Waals surface area contributed by atoms with Crippen molar-refractivity contribution in [3.8, 4) is 0 Å². The standard InChI is InChI=1S/C24H23ClFN3/c25-17-6-8-22-23(13-17)29-24(28-22)10-3-15-1-4-16(5-2-15)19-11-12-27-21-9-7-18(26)14-20(19)21/h6-9,11-16H,1-5,10H2,(H,28,29)/t15-,16+. The smallest absolute Gasteiger partial charge is 0.123 e. The molecule has 0 amide bonds. The first-order valence-corrected chi connectivity index (χ1v) is 10.7. The molecule has 2 aromatic carbocycles. The van der Waals surface area contributed by atoms with Crippen LogP contribution in [0, 0.1) is 11.7 Å². The molecule has 0 saturated heterocycles. The molecule has 0 unspecified atom stereocenters. The predicted molar refractivity (Wildman–Crippen MR) is 116 cm³/mol. The number of nitrogens with one attached hydrogen (secondary N) is 1. The Morgan fingerprint density at radius 3 is 2.72 bits per heavy atom. The van der Waals surface area contributed by atoms with Crippen LogP contribution in [-0.4, -0.2) is 15.0 Å². The lowest BCUT2D eigenvalue weighted by Crippen LogP contribution is -2.14. The minimum atomic E-state index is -0.187. The molecule has 3 nitrogen and oxygen atoms in total. The molecule has 1 aliphatic carbocycles. The fourth-order valence-corrected chi connectivity index (χ4v) is 4.92. The van der Waals surface area contributed by atoms with E-state index >= 15 is 0 Å². The summed E-state index contributed by atoms with van der Waals surface area (Å²) < 4.78 is 13.8. The van der Waals surface area contributed by atoms with Gasteiger partial charge >= 0.3 is 0 Å². The van der Waals surface area contributed by atoms with Gasteiger partial charge in [-0.05, 0) is 92.0 Å². The van der Waals surface area contributed by atoms with E-state index in [1.165, 1.54) is 24.5 Å². The van der Waals surface area contributed by atoms with Gasteiger partial charge < -0.3 is 4.98 Å². The van der Waals surface area contributed by atoms with Crippen molar-refractivity contribution in [3.05, 3.63) is 70.9 Å². The van der Waals surface area contributed by atoms with Crippen LogP contribution in [0.1, 0.15) is 49.4 Å². The summed E-state index contributed by atoms with van der Waals surface area (Å²) in [7, 11) is 0. The first-order valence-electron chi connectivity index (χ1n) is 10.3. The summed E-state index contributed by atoms with van der Waals surface area (Å²) in [5.74, 6) is 2.06. The maximum absolute atomic E-state index is 13.8. The number of aryl methyl sites for hydroxylation is 1. The molecule has 0 radical (unpaired) electrons. The van der Waals surface area contributed by atoms with E-state index in [2.05, 4.69) is 21.0 Å². The molecule has 0 atom stereocenters. The third kappa shape index (κ3) is 3.86. The molecule has 29 heavy (non-hydrogen) atoms. The van der Waals surface area contributed by atoms with Crippen molar-refractivity contribution in [2.24, 2.45) is 5.92 Å². The Kier molecular flexibility index (Phi) is 4.96. The van der Waals surface area contributed by atoms with Crippen LogP contribution in [0.15, 0.2) is 48.7 Å². The van der Waals surface area contributed by atoms with E-state index in [9.17, 15) is 4.39 Å². The monoisotopic (exact) mass is 407 g/mol. The van der Waals surface area contributed by atoms with E-state index in [4.69, 9.17) is 11.6 Å². The first kappa shape index (κ1) is 18.6. The number of halogens is 2. The maximum Gasteiger partial charge on any atom is 0.123 e. The van der Waals surface area contributed by atoms with Crippen LogP contribution in [0.25, 0.3) is 21.9 Å². The Bertz CT molecular complexity index is 1160. The molecule has 2 aromatic heterocycles. The number of imidazole rings is 1. The summed E-state index contributed by atoms with van der Waals surface area (Å²) in [5, 5.41) is 1.69. The van der Waals surface area contributed by atoms with Gasteiger partial charge in [0.15, 0.2) is 0 Å². The number of aromatic amines is 1. The Morgan fingerprint density at radius 2 is 1.86 bits per heavy atom. The summed E-state index contributed by atoms with van der Waals surface area (Å²) in [6.07, 6.45) is 8.67. The van der Waals surface area contributed by atoms with Crippen LogP contribution in [0.5, 0.6) is 0 Å². The van der Waals surface area contributed by atoms with Crippen molar-refractivity contribution >= 4 is 33.5 Å². The van der Waals surface area contributed by atoms with E-state index in [1.807, 2.05) is 24.4 Å². The Hall–Kier alpha value is -2.46. The second-order valence-electron chi connectivity index (χ2n) is 8.16. The van der Waals surface area contributed by atoms with Gasteiger partial charge in [-0.3, -0.25) is 4.98 Å². The Labute approximate surface area is 174 Å². The minimum Gasteiger partial charge on any atom is -0.342 e. The number of nitrogens with zero attached hydrogens (tertiary/aromatic N) is 2. The summed E-state index contributed by atoms with van der Waals surface area (Å²) in [5.41, 5.74) is 4.12. The summed E-state index contributed by atoms with van der Waals surface area (Å²) in [6, 6.07) is 12.8. The van der Waals surface area contributed by atoms with Crippen molar-refractivity contribution in [3.63, 3.8) is 0 Å². The zero-order valence-electron chi connectivity index (χ0n) is 16.2. The van der Waals surface area contributed by atoms with Crippen LogP contribution >= 0.6 is 11.6 Å². The van der Waals surface area contributed by atoms with E-state index < -0.39 is 0 Å². The summed E-state index contributed by atoms with van der Waals surface area (Å²) in [4.78, 5) is 12.5. The molecule has 0 spiro atoms. The van der Waals surface area contributed by atoms with Crippen molar-refractivity contribution < 1.29 is 4.39 Å². The Balaban J connectivity index is 1.23. The molecular formula is C24H23ClFN3. The van der Waals surface area contributed by atoms with Gasteiger partial charge in [-0.25, -0.2) is 9.37 Å². The summed E-state index contributed by atoms with van der Waals surface area (Å²) >= 11 is 6.06. The maximum atomic E-state index is 13.8. The van der Waals surface area contributed by atoms with E-state index in [0.717, 1.165) is 58.5 Å². The SMILES string of the molecule is Fc1ccc2nccc([C@H]3CC[C@@H](CCc4nc5cc(Cl)ccc5[nH]4)CC3)c2c1. The zero-order valence-corrected chi connectivity index (χ0v) is 16.9. The van der Waals surface area contributed by atoms with Gasteiger partial charge in [0.2, 0.25) is 0 Å². The molecular weight excluding hydrogens is 385 g/mol. The highest BCUT2D eigenvalue weighted by Crippen LogP contribution is 2.39. The lowest BCUT2D eigenvalue weighted by molar-refractivity contribution is 0.310. The average Bonchev–Trinajstić information content (AvgIpc) is 3.14. The zero-order chi connectivity index (χ0) is 19.8. The van der Waals surface area contributed by atoms with E-state index in [1.54, 1.807) is 12.1 Å². The van der Waals surface area contributed by atoms with Crippen LogP contribution in [0.2, 0.25) is 5.02 Å². The number of hydrogen-bond donors (Lipinski definition) is 1. The molecule has 1 N–H and O–H groups in total. The Morgan fingerprint density at radius 1 is 1.00 bits per heavy atom. The van der Waals surface area contributed by atoms with E-state index in [-0.39, 0.29) is 5.82 Å². The largest absolute Gasteiger partial charge is 0.342 e. The van der Waals surface area contributed by atoms with Gasteiger partial charge in [0, 0.05) is 23.0 Å². The van der Waals surface area contributed by atoms with Gasteiger partial charge in [-0.2, -0.15) is 0 Å². The van der Waals surface area contributed by atoms with Crippen molar-refractivity contribution in [1.82, 2.24) is 15.0 Å². The van der Waals surface area contributed by atoms with Crippen LogP contribution in [0.3, 0.4) is 0 Å². The second-order valence-corrected chi connectivity index (χ2v) is 8.60. The van der Waals surface area contributed by atoms with Gasteiger partial charge in [0.25, 0.3) is 0 Å². The quantitative estimate of drug-likeness (QED) is 0.403. The lowest BCUT2D eigenvalue weighted by atomic mass is 9.76. The highest BCUT2D eigenvalue weighted by Gasteiger charge is 2.24. The second kappa shape index (κ2) is 7.75. The summed E-state index contributed by atoms with van der Waals surface area (Å²) in [6.45, 7) is 0. The number of fused-ring (bicyclic) bond motifs is 2. The highest BCUT2D eigenvalue weighted by molar-refractivity contribution is 6.31. The number of H-pyrrole nitrogens is 1. The number of rotatable bonds is 4.